The average Bonchev–Trinajstić information content (AvgIpc) is 2.25. The van der Waals surface area contributed by atoms with Crippen LogP contribution in [0.15, 0.2) is 0 Å². The van der Waals surface area contributed by atoms with Crippen LogP contribution in [0, 0.1) is 5.92 Å². The van der Waals surface area contributed by atoms with Gasteiger partial charge in [-0.25, -0.2) is 0 Å². The van der Waals surface area contributed by atoms with E-state index in [1.807, 2.05) is 6.92 Å². The molecule has 0 bridgehead atoms. The molecule has 1 fully saturated rings. The first kappa shape index (κ1) is 14.8. The van der Waals surface area contributed by atoms with Crippen molar-refractivity contribution in [3.8, 4) is 0 Å². The second kappa shape index (κ2) is 6.59. The van der Waals surface area contributed by atoms with Crippen LogP contribution in [0.2, 0.25) is 0 Å². The van der Waals surface area contributed by atoms with E-state index in [4.69, 9.17) is 4.74 Å². The number of nitrogens with one attached hydrogen (secondary N) is 1. The molecule has 3 atom stereocenters. The van der Waals surface area contributed by atoms with E-state index in [2.05, 4.69) is 5.32 Å². The van der Waals surface area contributed by atoms with Crippen LogP contribution in [0.1, 0.15) is 39.0 Å². The van der Waals surface area contributed by atoms with Gasteiger partial charge in [-0.1, -0.05) is 6.42 Å². The molecule has 0 aromatic rings. The van der Waals surface area contributed by atoms with Crippen molar-refractivity contribution in [3.63, 3.8) is 0 Å². The summed E-state index contributed by atoms with van der Waals surface area (Å²) in [4.78, 5) is 0. The molecule has 0 radical (unpaired) electrons. The monoisotopic (exact) mass is 253 g/mol. The van der Waals surface area contributed by atoms with Gasteiger partial charge >= 0.3 is 6.18 Å². The van der Waals surface area contributed by atoms with Crippen molar-refractivity contribution in [1.82, 2.24) is 5.32 Å². The molecule has 1 saturated carbocycles. The molecular formula is C12H22F3NO. The zero-order chi connectivity index (χ0) is 12.9. The largest absolute Gasteiger partial charge is 0.391 e. The Labute approximate surface area is 101 Å². The van der Waals surface area contributed by atoms with Crippen LogP contribution in [0.5, 0.6) is 0 Å². The molecule has 17 heavy (non-hydrogen) atoms. The summed E-state index contributed by atoms with van der Waals surface area (Å²) in [6.45, 7) is 2.64. The Bertz CT molecular complexity index is 220. The Morgan fingerprint density at radius 3 is 2.65 bits per heavy atom. The first-order valence-electron chi connectivity index (χ1n) is 6.25. The van der Waals surface area contributed by atoms with E-state index in [9.17, 15) is 13.2 Å². The van der Waals surface area contributed by atoms with Gasteiger partial charge in [0, 0.05) is 25.8 Å². The molecule has 3 unspecified atom stereocenters. The molecule has 0 aliphatic heterocycles. The summed E-state index contributed by atoms with van der Waals surface area (Å²) >= 11 is 0. The second-order valence-corrected chi connectivity index (χ2v) is 4.95. The number of hydrogen-bond donors (Lipinski definition) is 1. The van der Waals surface area contributed by atoms with Crippen molar-refractivity contribution in [2.75, 3.05) is 13.7 Å². The van der Waals surface area contributed by atoms with Crippen LogP contribution >= 0.6 is 0 Å². The van der Waals surface area contributed by atoms with Gasteiger partial charge in [0.25, 0.3) is 0 Å². The average molecular weight is 253 g/mol. The lowest BCUT2D eigenvalue weighted by Gasteiger charge is -2.32. The van der Waals surface area contributed by atoms with Gasteiger partial charge in [-0.2, -0.15) is 13.2 Å². The maximum Gasteiger partial charge on any atom is 0.391 e. The van der Waals surface area contributed by atoms with Gasteiger partial charge in [-0.3, -0.25) is 0 Å². The molecule has 1 N–H and O–H groups in total. The van der Waals surface area contributed by atoms with E-state index in [-0.39, 0.29) is 24.9 Å². The van der Waals surface area contributed by atoms with Crippen LogP contribution in [0.25, 0.3) is 0 Å². The number of ether oxygens (including phenoxy) is 1. The van der Waals surface area contributed by atoms with Gasteiger partial charge in [0.1, 0.15) is 0 Å². The summed E-state index contributed by atoms with van der Waals surface area (Å²) in [5.74, 6) is -1.12. The fourth-order valence-corrected chi connectivity index (χ4v) is 2.42. The fraction of sp³-hybridized carbons (Fsp3) is 1.00. The molecule has 0 heterocycles. The highest BCUT2D eigenvalue weighted by Gasteiger charge is 2.42. The van der Waals surface area contributed by atoms with Crippen LogP contribution in [-0.4, -0.2) is 32.0 Å². The van der Waals surface area contributed by atoms with Crippen LogP contribution < -0.4 is 5.32 Å². The Kier molecular flexibility index (Phi) is 5.73. The molecule has 2 nitrogen and oxygen atoms in total. The van der Waals surface area contributed by atoms with E-state index in [0.29, 0.717) is 13.0 Å². The maximum atomic E-state index is 12.6. The summed E-state index contributed by atoms with van der Waals surface area (Å²) in [5.41, 5.74) is 0. The van der Waals surface area contributed by atoms with Crippen molar-refractivity contribution >= 4 is 0 Å². The first-order valence-corrected chi connectivity index (χ1v) is 6.25. The molecule has 102 valence electrons. The summed E-state index contributed by atoms with van der Waals surface area (Å²) in [5, 5.41) is 3.28. The van der Waals surface area contributed by atoms with E-state index >= 15 is 0 Å². The first-order chi connectivity index (χ1) is 7.93. The zero-order valence-electron chi connectivity index (χ0n) is 10.5. The van der Waals surface area contributed by atoms with Crippen LogP contribution in [-0.2, 0) is 4.74 Å². The molecule has 0 aromatic carbocycles. The van der Waals surface area contributed by atoms with E-state index in [1.54, 1.807) is 7.11 Å². The SMILES string of the molecule is COCCC(C)NC1CCCC(C(F)(F)F)C1. The lowest BCUT2D eigenvalue weighted by atomic mass is 9.85. The highest BCUT2D eigenvalue weighted by Crippen LogP contribution is 2.37. The van der Waals surface area contributed by atoms with E-state index < -0.39 is 12.1 Å². The van der Waals surface area contributed by atoms with Crippen molar-refractivity contribution in [1.29, 1.82) is 0 Å². The van der Waals surface area contributed by atoms with Crippen molar-refractivity contribution in [2.24, 2.45) is 5.92 Å². The van der Waals surface area contributed by atoms with Gasteiger partial charge in [-0.05, 0) is 32.6 Å². The minimum Gasteiger partial charge on any atom is -0.385 e. The summed E-state index contributed by atoms with van der Waals surface area (Å²) in [7, 11) is 1.63. The Morgan fingerprint density at radius 1 is 1.35 bits per heavy atom. The highest BCUT2D eigenvalue weighted by molar-refractivity contribution is 4.83. The summed E-state index contributed by atoms with van der Waals surface area (Å²) in [6, 6.07) is 0.217. The molecule has 0 amide bonds. The second-order valence-electron chi connectivity index (χ2n) is 4.95. The third-order valence-corrected chi connectivity index (χ3v) is 3.41. The van der Waals surface area contributed by atoms with Gasteiger partial charge in [-0.15, -0.1) is 0 Å². The minimum absolute atomic E-state index is 0.00207. The molecule has 1 rings (SSSR count). The number of hydrogen-bond acceptors (Lipinski definition) is 2. The molecule has 0 saturated heterocycles. The number of rotatable bonds is 5. The van der Waals surface area contributed by atoms with Gasteiger partial charge in [0.15, 0.2) is 0 Å². The summed E-state index contributed by atoms with van der Waals surface area (Å²) in [6.07, 6.45) is -1.17. The quantitative estimate of drug-likeness (QED) is 0.812. The lowest BCUT2D eigenvalue weighted by Crippen LogP contribution is -2.42. The topological polar surface area (TPSA) is 21.3 Å². The van der Waals surface area contributed by atoms with Crippen molar-refractivity contribution < 1.29 is 17.9 Å². The third kappa shape index (κ3) is 5.25. The van der Waals surface area contributed by atoms with Crippen molar-refractivity contribution in [3.05, 3.63) is 0 Å². The van der Waals surface area contributed by atoms with Crippen LogP contribution in [0.3, 0.4) is 0 Å². The standard InChI is InChI=1S/C12H22F3NO/c1-9(6-7-17-2)16-11-5-3-4-10(8-11)12(13,14)15/h9-11,16H,3-8H2,1-2H3. The molecule has 1 aliphatic rings. The Hall–Kier alpha value is -0.290. The number of alkyl halides is 3. The number of methoxy groups -OCH3 is 1. The zero-order valence-corrected chi connectivity index (χ0v) is 10.5. The minimum atomic E-state index is -4.03. The van der Waals surface area contributed by atoms with Crippen LogP contribution in [0.4, 0.5) is 13.2 Å². The highest BCUT2D eigenvalue weighted by atomic mass is 19.4. The Morgan fingerprint density at radius 2 is 2.06 bits per heavy atom. The number of halogens is 3. The fourth-order valence-electron chi connectivity index (χ4n) is 2.42. The normalized spacial score (nSPS) is 28.1. The molecular weight excluding hydrogens is 231 g/mol. The van der Waals surface area contributed by atoms with Gasteiger partial charge in [0.05, 0.1) is 5.92 Å². The summed E-state index contributed by atoms with van der Waals surface area (Å²) < 4.78 is 42.8. The molecule has 0 spiro atoms. The van der Waals surface area contributed by atoms with Gasteiger partial charge < -0.3 is 10.1 Å². The Balaban J connectivity index is 2.34. The maximum absolute atomic E-state index is 12.6. The van der Waals surface area contributed by atoms with Crippen molar-refractivity contribution in [2.45, 2.75) is 57.3 Å². The molecule has 5 heteroatoms. The predicted octanol–water partition coefficient (Wildman–Crippen LogP) is 3.12. The van der Waals surface area contributed by atoms with E-state index in [1.165, 1.54) is 0 Å². The third-order valence-electron chi connectivity index (χ3n) is 3.41. The molecule has 1 aliphatic carbocycles. The van der Waals surface area contributed by atoms with Gasteiger partial charge in [0.2, 0.25) is 0 Å². The molecule has 0 aromatic heterocycles. The predicted molar refractivity (Wildman–Crippen MR) is 60.9 cm³/mol. The smallest absolute Gasteiger partial charge is 0.385 e. The lowest BCUT2D eigenvalue weighted by molar-refractivity contribution is -0.183. The van der Waals surface area contributed by atoms with E-state index in [0.717, 1.165) is 12.8 Å².